The first-order valence-corrected chi connectivity index (χ1v) is 7.90. The maximum atomic E-state index is 11.8. The van der Waals surface area contributed by atoms with Crippen molar-refractivity contribution in [3.8, 4) is 0 Å². The SMILES string of the molecule is COC(=O)C(NC1CCC2(CCCC2)CC1)C(C)C. The van der Waals surface area contributed by atoms with E-state index in [9.17, 15) is 4.79 Å². The quantitative estimate of drug-likeness (QED) is 0.794. The third-order valence-corrected chi connectivity index (χ3v) is 5.25. The zero-order chi connectivity index (χ0) is 13.9. The fourth-order valence-electron chi connectivity index (χ4n) is 3.94. The molecule has 0 saturated heterocycles. The molecule has 3 nitrogen and oxygen atoms in total. The van der Waals surface area contributed by atoms with Crippen molar-refractivity contribution < 1.29 is 9.53 Å². The monoisotopic (exact) mass is 267 g/mol. The molecule has 2 fully saturated rings. The summed E-state index contributed by atoms with van der Waals surface area (Å²) in [6, 6.07) is 0.352. The van der Waals surface area contributed by atoms with Gasteiger partial charge in [-0.3, -0.25) is 4.79 Å². The highest BCUT2D eigenvalue weighted by molar-refractivity contribution is 5.75. The van der Waals surface area contributed by atoms with Crippen molar-refractivity contribution in [2.24, 2.45) is 11.3 Å². The number of nitrogens with one attached hydrogen (secondary N) is 1. The molecule has 1 N–H and O–H groups in total. The molecule has 19 heavy (non-hydrogen) atoms. The molecule has 1 spiro atoms. The molecule has 0 radical (unpaired) electrons. The first-order chi connectivity index (χ1) is 9.06. The first-order valence-electron chi connectivity index (χ1n) is 7.90. The Hall–Kier alpha value is -0.570. The van der Waals surface area contributed by atoms with Gasteiger partial charge < -0.3 is 10.1 Å². The van der Waals surface area contributed by atoms with E-state index in [4.69, 9.17) is 4.74 Å². The van der Waals surface area contributed by atoms with Crippen LogP contribution in [-0.2, 0) is 9.53 Å². The molecule has 3 heteroatoms. The van der Waals surface area contributed by atoms with Crippen LogP contribution in [-0.4, -0.2) is 25.2 Å². The second-order valence-electron chi connectivity index (χ2n) is 6.89. The highest BCUT2D eigenvalue weighted by atomic mass is 16.5. The van der Waals surface area contributed by atoms with Crippen LogP contribution in [0.3, 0.4) is 0 Å². The summed E-state index contributed by atoms with van der Waals surface area (Å²) in [6.07, 6.45) is 10.9. The minimum atomic E-state index is -0.146. The molecule has 2 aliphatic rings. The second-order valence-corrected chi connectivity index (χ2v) is 6.89. The van der Waals surface area contributed by atoms with Gasteiger partial charge in [0.2, 0.25) is 0 Å². The van der Waals surface area contributed by atoms with Gasteiger partial charge in [0.1, 0.15) is 6.04 Å². The van der Waals surface area contributed by atoms with Crippen LogP contribution in [0.4, 0.5) is 0 Å². The zero-order valence-electron chi connectivity index (χ0n) is 12.7. The summed E-state index contributed by atoms with van der Waals surface area (Å²) in [4.78, 5) is 11.8. The Balaban J connectivity index is 1.85. The molecule has 0 bridgehead atoms. The number of methoxy groups -OCH3 is 1. The number of hydrogen-bond acceptors (Lipinski definition) is 3. The van der Waals surface area contributed by atoms with Crippen LogP contribution in [0.5, 0.6) is 0 Å². The van der Waals surface area contributed by atoms with Crippen LogP contribution in [0.1, 0.15) is 65.2 Å². The number of esters is 1. The highest BCUT2D eigenvalue weighted by Crippen LogP contribution is 2.48. The molecule has 1 atom stereocenters. The van der Waals surface area contributed by atoms with E-state index in [0.717, 1.165) is 0 Å². The summed E-state index contributed by atoms with van der Waals surface area (Å²) in [5, 5.41) is 3.54. The van der Waals surface area contributed by atoms with Crippen molar-refractivity contribution >= 4 is 5.97 Å². The predicted octanol–water partition coefficient (Wildman–Crippen LogP) is 3.28. The smallest absolute Gasteiger partial charge is 0.323 e. The lowest BCUT2D eigenvalue weighted by atomic mass is 9.71. The van der Waals surface area contributed by atoms with Crippen molar-refractivity contribution in [3.63, 3.8) is 0 Å². The Morgan fingerprint density at radius 2 is 1.74 bits per heavy atom. The molecule has 2 aliphatic carbocycles. The standard InChI is InChI=1S/C16H29NO2/c1-12(2)14(15(18)19-3)17-13-6-10-16(11-7-13)8-4-5-9-16/h12-14,17H,4-11H2,1-3H3. The summed E-state index contributed by atoms with van der Waals surface area (Å²) >= 11 is 0. The lowest BCUT2D eigenvalue weighted by Gasteiger charge is -2.39. The average Bonchev–Trinajstić information content (AvgIpc) is 2.85. The Labute approximate surface area is 117 Å². The van der Waals surface area contributed by atoms with Gasteiger partial charge in [-0.15, -0.1) is 0 Å². The molecule has 0 aromatic heterocycles. The summed E-state index contributed by atoms with van der Waals surface area (Å²) in [5.74, 6) is 0.172. The zero-order valence-corrected chi connectivity index (χ0v) is 12.7. The maximum absolute atomic E-state index is 11.8. The Morgan fingerprint density at radius 1 is 1.16 bits per heavy atom. The topological polar surface area (TPSA) is 38.3 Å². The normalized spacial score (nSPS) is 24.8. The number of carbonyl (C=O) groups is 1. The molecule has 1 unspecified atom stereocenters. The molecule has 110 valence electrons. The molecule has 0 heterocycles. The van der Waals surface area contributed by atoms with E-state index in [0.29, 0.717) is 11.5 Å². The fourth-order valence-corrected chi connectivity index (χ4v) is 3.94. The van der Waals surface area contributed by atoms with Crippen molar-refractivity contribution in [2.75, 3.05) is 7.11 Å². The number of carbonyl (C=O) groups excluding carboxylic acids is 1. The predicted molar refractivity (Wildman–Crippen MR) is 76.9 cm³/mol. The average molecular weight is 267 g/mol. The van der Waals surface area contributed by atoms with E-state index in [2.05, 4.69) is 19.2 Å². The Morgan fingerprint density at radius 3 is 2.21 bits per heavy atom. The van der Waals surface area contributed by atoms with Crippen LogP contribution >= 0.6 is 0 Å². The fraction of sp³-hybridized carbons (Fsp3) is 0.938. The molecule has 0 amide bonds. The van der Waals surface area contributed by atoms with Crippen LogP contribution < -0.4 is 5.32 Å². The van der Waals surface area contributed by atoms with Crippen LogP contribution in [0.15, 0.2) is 0 Å². The van der Waals surface area contributed by atoms with E-state index in [-0.39, 0.29) is 17.9 Å². The van der Waals surface area contributed by atoms with Crippen molar-refractivity contribution in [1.29, 1.82) is 0 Å². The van der Waals surface area contributed by atoms with Gasteiger partial charge in [0.25, 0.3) is 0 Å². The Bertz CT molecular complexity index is 298. The van der Waals surface area contributed by atoms with Crippen molar-refractivity contribution in [2.45, 2.75) is 77.3 Å². The van der Waals surface area contributed by atoms with E-state index in [1.165, 1.54) is 58.5 Å². The summed E-state index contributed by atoms with van der Waals surface area (Å²) < 4.78 is 4.91. The van der Waals surface area contributed by atoms with Crippen LogP contribution in [0, 0.1) is 11.3 Å². The number of rotatable bonds is 4. The van der Waals surface area contributed by atoms with Gasteiger partial charge in [-0.2, -0.15) is 0 Å². The van der Waals surface area contributed by atoms with Gasteiger partial charge in [0, 0.05) is 6.04 Å². The molecule has 0 aromatic carbocycles. The van der Waals surface area contributed by atoms with E-state index >= 15 is 0 Å². The summed E-state index contributed by atoms with van der Waals surface area (Å²) in [6.45, 7) is 4.16. The van der Waals surface area contributed by atoms with Crippen molar-refractivity contribution in [1.82, 2.24) is 5.32 Å². The van der Waals surface area contributed by atoms with Gasteiger partial charge in [0.15, 0.2) is 0 Å². The summed E-state index contributed by atoms with van der Waals surface area (Å²) in [7, 11) is 1.48. The first kappa shape index (κ1) is 14.8. The highest BCUT2D eigenvalue weighted by Gasteiger charge is 2.38. The van der Waals surface area contributed by atoms with Crippen molar-refractivity contribution in [3.05, 3.63) is 0 Å². The van der Waals surface area contributed by atoms with Gasteiger partial charge in [0.05, 0.1) is 7.11 Å². The van der Waals surface area contributed by atoms with E-state index in [1.54, 1.807) is 0 Å². The second kappa shape index (κ2) is 6.25. The third kappa shape index (κ3) is 3.50. The molecule has 0 aliphatic heterocycles. The van der Waals surface area contributed by atoms with E-state index < -0.39 is 0 Å². The molecule has 2 saturated carbocycles. The van der Waals surface area contributed by atoms with Gasteiger partial charge >= 0.3 is 5.97 Å². The van der Waals surface area contributed by atoms with Crippen LogP contribution in [0.2, 0.25) is 0 Å². The molecular weight excluding hydrogens is 238 g/mol. The molecule has 2 rings (SSSR count). The van der Waals surface area contributed by atoms with Gasteiger partial charge in [-0.1, -0.05) is 26.7 Å². The molecular formula is C16H29NO2. The third-order valence-electron chi connectivity index (χ3n) is 5.25. The van der Waals surface area contributed by atoms with Gasteiger partial charge in [-0.25, -0.2) is 0 Å². The lowest BCUT2D eigenvalue weighted by molar-refractivity contribution is -0.144. The lowest BCUT2D eigenvalue weighted by Crippen LogP contribution is -2.49. The largest absolute Gasteiger partial charge is 0.468 e. The molecule has 0 aromatic rings. The summed E-state index contributed by atoms with van der Waals surface area (Å²) in [5.41, 5.74) is 0.663. The van der Waals surface area contributed by atoms with Gasteiger partial charge in [-0.05, 0) is 49.9 Å². The minimum absolute atomic E-state index is 0.115. The Kier molecular flexibility index (Phi) is 4.88. The maximum Gasteiger partial charge on any atom is 0.323 e. The van der Waals surface area contributed by atoms with Crippen LogP contribution in [0.25, 0.3) is 0 Å². The van der Waals surface area contributed by atoms with E-state index in [1.807, 2.05) is 0 Å². The number of ether oxygens (including phenoxy) is 1. The minimum Gasteiger partial charge on any atom is -0.468 e. The number of hydrogen-bond donors (Lipinski definition) is 1.